The number of carbonyl (C=O) groups excluding carboxylic acids is 2. The zero-order valence-electron chi connectivity index (χ0n) is 22.2. The second kappa shape index (κ2) is 16.7. The van der Waals surface area contributed by atoms with Gasteiger partial charge in [-0.25, -0.2) is 0 Å². The summed E-state index contributed by atoms with van der Waals surface area (Å²) in [5, 5.41) is 0. The van der Waals surface area contributed by atoms with Crippen LogP contribution in [0.25, 0.3) is 0 Å². The molecule has 198 valence electrons. The van der Waals surface area contributed by atoms with Crippen LogP contribution in [0.4, 0.5) is 0 Å². The maximum absolute atomic E-state index is 12.7. The van der Waals surface area contributed by atoms with E-state index in [9.17, 15) is 9.59 Å². The first-order chi connectivity index (χ1) is 18.6. The zero-order valence-corrected chi connectivity index (χ0v) is 22.2. The van der Waals surface area contributed by atoms with Gasteiger partial charge in [0.25, 0.3) is 5.79 Å². The molecule has 0 bridgehead atoms. The van der Waals surface area contributed by atoms with E-state index < -0.39 is 5.79 Å². The first-order valence-corrected chi connectivity index (χ1v) is 11.9. The number of benzene rings is 4. The van der Waals surface area contributed by atoms with E-state index >= 15 is 0 Å². The third-order valence-electron chi connectivity index (χ3n) is 5.50. The van der Waals surface area contributed by atoms with E-state index in [1.165, 1.54) is 14.2 Å². The molecule has 0 spiro atoms. The van der Waals surface area contributed by atoms with Crippen LogP contribution in [-0.4, -0.2) is 40.5 Å². The van der Waals surface area contributed by atoms with Crippen molar-refractivity contribution in [3.05, 3.63) is 144 Å². The van der Waals surface area contributed by atoms with Gasteiger partial charge in [-0.15, -0.1) is 0 Å². The zero-order chi connectivity index (χ0) is 27.6. The quantitative estimate of drug-likeness (QED) is 0.144. The van der Waals surface area contributed by atoms with Gasteiger partial charge in [-0.3, -0.25) is 9.59 Å². The molecule has 6 nitrogen and oxygen atoms in total. The van der Waals surface area contributed by atoms with Gasteiger partial charge in [0.2, 0.25) is 5.78 Å². The number of ether oxygens (including phenoxy) is 4. The molecule has 0 fully saturated rings. The fourth-order valence-electron chi connectivity index (χ4n) is 3.58. The second-order valence-corrected chi connectivity index (χ2v) is 7.83. The van der Waals surface area contributed by atoms with Crippen molar-refractivity contribution in [2.24, 2.45) is 0 Å². The third kappa shape index (κ3) is 8.57. The number of ketones is 1. The molecular formula is C32H34O6. The Morgan fingerprint density at radius 3 is 1.45 bits per heavy atom. The van der Waals surface area contributed by atoms with E-state index in [4.69, 9.17) is 18.9 Å². The summed E-state index contributed by atoms with van der Waals surface area (Å²) < 4.78 is 21.0. The number of Topliss-reactive ketones (excluding diaryl/α,β-unsaturated/α-hetero) is 1. The maximum atomic E-state index is 12.7. The number of hydrogen-bond acceptors (Lipinski definition) is 6. The lowest BCUT2D eigenvalue weighted by atomic mass is 9.96. The highest BCUT2D eigenvalue weighted by atomic mass is 16.7. The van der Waals surface area contributed by atoms with Crippen LogP contribution in [0.5, 0.6) is 0 Å². The van der Waals surface area contributed by atoms with Crippen LogP contribution in [0.1, 0.15) is 38.1 Å². The van der Waals surface area contributed by atoms with Gasteiger partial charge in [0, 0.05) is 50.7 Å². The molecule has 0 aromatic heterocycles. The van der Waals surface area contributed by atoms with Crippen molar-refractivity contribution >= 4 is 12.1 Å². The summed E-state index contributed by atoms with van der Waals surface area (Å²) in [7, 11) is 6.19. The van der Waals surface area contributed by atoms with Gasteiger partial charge in [0.1, 0.15) is 6.29 Å². The molecule has 38 heavy (non-hydrogen) atoms. The lowest BCUT2D eigenvalue weighted by molar-refractivity contribution is -0.176. The Morgan fingerprint density at radius 2 is 1.05 bits per heavy atom. The predicted octanol–water partition coefficient (Wildman–Crippen LogP) is 6.49. The Morgan fingerprint density at radius 1 is 0.632 bits per heavy atom. The molecule has 6 heteroatoms. The fourth-order valence-corrected chi connectivity index (χ4v) is 3.58. The van der Waals surface area contributed by atoms with Gasteiger partial charge in [-0.1, -0.05) is 121 Å². The molecule has 4 aromatic rings. The average molecular weight is 515 g/mol. The Bertz CT molecular complexity index is 1170. The van der Waals surface area contributed by atoms with E-state index in [2.05, 4.69) is 0 Å². The molecule has 0 atom stereocenters. The standard InChI is InChI=1S/C16H16O3.C9H12O2.C7H6O/c1-18-16(19-2,14-11-7-4-8-12-14)15(17)13-9-5-3-6-10-13;1-10-9(11-2)8-6-4-3-5-7-8;8-6-7-4-2-1-3-5-7/h3-12H,1-2H3;3-7,9H,1-2H3;1-6H. The van der Waals surface area contributed by atoms with Gasteiger partial charge in [0.15, 0.2) is 6.29 Å². The summed E-state index contributed by atoms with van der Waals surface area (Å²) in [6.45, 7) is 0. The van der Waals surface area contributed by atoms with E-state index in [0.29, 0.717) is 11.1 Å². The Balaban J connectivity index is 0.000000224. The van der Waals surface area contributed by atoms with E-state index in [1.807, 2.05) is 97.1 Å². The van der Waals surface area contributed by atoms with Crippen molar-refractivity contribution in [3.8, 4) is 0 Å². The summed E-state index contributed by atoms with van der Waals surface area (Å²) in [5.41, 5.74) is 2.99. The molecular weight excluding hydrogens is 480 g/mol. The number of rotatable bonds is 9. The van der Waals surface area contributed by atoms with Crippen LogP contribution in [0.2, 0.25) is 0 Å². The molecule has 0 N–H and O–H groups in total. The van der Waals surface area contributed by atoms with Crippen molar-refractivity contribution in [1.82, 2.24) is 0 Å². The molecule has 0 aliphatic carbocycles. The molecule has 4 rings (SSSR count). The van der Waals surface area contributed by atoms with Gasteiger partial charge in [0.05, 0.1) is 0 Å². The van der Waals surface area contributed by atoms with Gasteiger partial charge in [-0.2, -0.15) is 0 Å². The number of aldehydes is 1. The SMILES string of the molecule is COC(OC)(C(=O)c1ccccc1)c1ccccc1.COC(OC)c1ccccc1.O=Cc1ccccc1. The van der Waals surface area contributed by atoms with Gasteiger partial charge < -0.3 is 18.9 Å². The number of methoxy groups -OCH3 is 4. The van der Waals surface area contributed by atoms with Crippen LogP contribution in [-0.2, 0) is 24.7 Å². The lowest BCUT2D eigenvalue weighted by Crippen LogP contribution is -2.39. The number of carbonyl (C=O) groups is 2. The van der Waals surface area contributed by atoms with Crippen LogP contribution in [0, 0.1) is 0 Å². The summed E-state index contributed by atoms with van der Waals surface area (Å²) in [6, 6.07) is 37.1. The van der Waals surface area contributed by atoms with Crippen LogP contribution in [0.3, 0.4) is 0 Å². The van der Waals surface area contributed by atoms with E-state index in [1.54, 1.807) is 38.5 Å². The van der Waals surface area contributed by atoms with Crippen LogP contribution >= 0.6 is 0 Å². The first kappa shape index (κ1) is 30.3. The molecule has 0 saturated heterocycles. The first-order valence-electron chi connectivity index (χ1n) is 11.9. The van der Waals surface area contributed by atoms with Gasteiger partial charge >= 0.3 is 0 Å². The minimum absolute atomic E-state index is 0.218. The molecule has 0 aliphatic rings. The topological polar surface area (TPSA) is 71.1 Å². The Hall–Kier alpha value is -3.94. The maximum Gasteiger partial charge on any atom is 0.260 e. The average Bonchev–Trinajstić information content (AvgIpc) is 3.01. The summed E-state index contributed by atoms with van der Waals surface area (Å²) in [4.78, 5) is 22.7. The minimum Gasteiger partial charge on any atom is -0.352 e. The largest absolute Gasteiger partial charge is 0.352 e. The van der Waals surface area contributed by atoms with Crippen molar-refractivity contribution in [2.75, 3.05) is 28.4 Å². The summed E-state index contributed by atoms with van der Waals surface area (Å²) in [6.07, 6.45) is 0.594. The third-order valence-corrected chi connectivity index (χ3v) is 5.50. The molecule has 0 radical (unpaired) electrons. The predicted molar refractivity (Wildman–Crippen MR) is 148 cm³/mol. The monoisotopic (exact) mass is 514 g/mol. The summed E-state index contributed by atoms with van der Waals surface area (Å²) >= 11 is 0. The second-order valence-electron chi connectivity index (χ2n) is 7.83. The van der Waals surface area contributed by atoms with Crippen molar-refractivity contribution < 1.29 is 28.5 Å². The highest BCUT2D eigenvalue weighted by Gasteiger charge is 2.41. The van der Waals surface area contributed by atoms with Crippen molar-refractivity contribution in [3.63, 3.8) is 0 Å². The normalized spacial score (nSPS) is 10.4. The number of hydrogen-bond donors (Lipinski definition) is 0. The fraction of sp³-hybridized carbons (Fsp3) is 0.188. The van der Waals surface area contributed by atoms with E-state index in [0.717, 1.165) is 17.4 Å². The molecule has 0 saturated carbocycles. The highest BCUT2D eigenvalue weighted by molar-refractivity contribution is 6.02. The molecule has 0 aliphatic heterocycles. The lowest BCUT2D eigenvalue weighted by Gasteiger charge is -2.29. The Kier molecular flexibility index (Phi) is 13.3. The Labute approximate surface area is 224 Å². The van der Waals surface area contributed by atoms with Gasteiger partial charge in [-0.05, 0) is 0 Å². The molecule has 0 amide bonds. The van der Waals surface area contributed by atoms with E-state index in [-0.39, 0.29) is 12.1 Å². The smallest absolute Gasteiger partial charge is 0.260 e. The van der Waals surface area contributed by atoms with Crippen LogP contribution < -0.4 is 0 Å². The summed E-state index contributed by atoms with van der Waals surface area (Å²) in [5.74, 6) is -1.62. The van der Waals surface area contributed by atoms with Crippen molar-refractivity contribution in [2.45, 2.75) is 12.1 Å². The molecule has 4 aromatic carbocycles. The minimum atomic E-state index is -1.40. The van der Waals surface area contributed by atoms with Crippen LogP contribution in [0.15, 0.2) is 121 Å². The highest BCUT2D eigenvalue weighted by Crippen LogP contribution is 2.30. The molecule has 0 unspecified atom stereocenters. The molecule has 0 heterocycles. The van der Waals surface area contributed by atoms with Crippen molar-refractivity contribution in [1.29, 1.82) is 0 Å².